The molecule has 4 aromatic rings. The second kappa shape index (κ2) is 15.7. The van der Waals surface area contributed by atoms with Crippen LogP contribution in [0.3, 0.4) is 0 Å². The molecule has 13 nitrogen and oxygen atoms in total. The molecule has 3 N–H and O–H groups in total. The van der Waals surface area contributed by atoms with Gasteiger partial charge in [-0.25, -0.2) is 13.4 Å². The summed E-state index contributed by atoms with van der Waals surface area (Å²) >= 11 is 0. The number of primary amides is 1. The molecule has 2 aliphatic carbocycles. The Morgan fingerprint density at radius 2 is 1.77 bits per heavy atom. The first-order valence-electron chi connectivity index (χ1n) is 18.7. The number of aromatic nitrogens is 2. The maximum Gasteiger partial charge on any atom is 0.416 e. The predicted molar refractivity (Wildman–Crippen MR) is 199 cm³/mol. The van der Waals surface area contributed by atoms with Gasteiger partial charge in [0.2, 0.25) is 33.3 Å². The Hall–Kier alpha value is -5.19. The van der Waals surface area contributed by atoms with Gasteiger partial charge in [-0.1, -0.05) is 43.2 Å². The normalized spacial score (nSPS) is 21.2. The largest absolute Gasteiger partial charge is 0.493 e. The minimum absolute atomic E-state index is 0.0123. The number of rotatable bonds is 16. The minimum Gasteiger partial charge on any atom is -0.493 e. The molecule has 3 heterocycles. The molecule has 0 spiro atoms. The highest BCUT2D eigenvalue weighted by Gasteiger charge is 2.45. The number of nitrogens with two attached hydrogens (primary N) is 1. The average Bonchev–Trinajstić information content (AvgIpc) is 4.09. The molecule has 0 unspecified atom stereocenters. The van der Waals surface area contributed by atoms with E-state index in [9.17, 15) is 36.0 Å². The molecule has 7 rings (SSSR count). The third-order valence-electron chi connectivity index (χ3n) is 10.4. The Balaban J connectivity index is 0.951. The summed E-state index contributed by atoms with van der Waals surface area (Å²) in [5, 5.41) is 0.132. The summed E-state index contributed by atoms with van der Waals surface area (Å²) in [6.07, 6.45) is 4.81. The molecule has 1 saturated heterocycles. The number of allylic oxidation sites excluding steroid dienone is 2. The van der Waals surface area contributed by atoms with Crippen molar-refractivity contribution >= 4 is 49.8 Å². The number of alkyl halides is 3. The van der Waals surface area contributed by atoms with Crippen molar-refractivity contribution in [3.63, 3.8) is 0 Å². The van der Waals surface area contributed by atoms with Crippen LogP contribution in [0.4, 0.5) is 13.2 Å². The van der Waals surface area contributed by atoms with Gasteiger partial charge in [-0.2, -0.15) is 18.2 Å². The number of hydrogen-bond donors (Lipinski definition) is 2. The third kappa shape index (κ3) is 8.61. The molecule has 2 aromatic carbocycles. The van der Waals surface area contributed by atoms with Crippen molar-refractivity contribution < 1.29 is 49.9 Å². The van der Waals surface area contributed by atoms with Gasteiger partial charge in [-0.15, -0.1) is 0 Å². The number of sulfonamides is 1. The van der Waals surface area contributed by atoms with Gasteiger partial charge in [-0.3, -0.25) is 19.1 Å². The highest BCUT2D eigenvalue weighted by atomic mass is 32.2. The zero-order chi connectivity index (χ0) is 39.8. The fourth-order valence-electron chi connectivity index (χ4n) is 7.09. The third-order valence-corrected chi connectivity index (χ3v) is 12.3. The van der Waals surface area contributed by atoms with E-state index in [0.29, 0.717) is 53.5 Å². The number of amides is 3. The van der Waals surface area contributed by atoms with Gasteiger partial charge in [0.15, 0.2) is 17.2 Å². The number of carbonyl (C=O) groups is 3. The monoisotopic (exact) mass is 797 g/mol. The Morgan fingerprint density at radius 3 is 2.46 bits per heavy atom. The second-order valence-electron chi connectivity index (χ2n) is 14.6. The molecular formula is C39H42F3N5O8S. The Morgan fingerprint density at radius 1 is 1.02 bits per heavy atom. The summed E-state index contributed by atoms with van der Waals surface area (Å²) in [6, 6.07) is 8.71. The summed E-state index contributed by atoms with van der Waals surface area (Å²) in [7, 11) is -2.05. The topological polar surface area (TPSA) is 184 Å². The lowest BCUT2D eigenvalue weighted by Crippen LogP contribution is -2.43. The van der Waals surface area contributed by atoms with E-state index in [4.69, 9.17) is 19.6 Å². The highest BCUT2D eigenvalue weighted by Crippen LogP contribution is 2.41. The molecule has 3 aliphatic rings. The van der Waals surface area contributed by atoms with E-state index in [1.165, 1.54) is 24.1 Å². The van der Waals surface area contributed by atoms with Crippen LogP contribution in [0.15, 0.2) is 59.0 Å². The SMILES string of the molecule is COc1cccc2c1oc1c(O[C@@H]3C[C@@H](C(N)=O)N(C(=O)CCCCCC/C=C\[C@@H]4C[C@@H]4C(=O)NS(=O)(=O)C4CC4)C3)nc(-c3ccc(C(F)(F)F)cc3)nc12. The lowest BCUT2D eigenvalue weighted by molar-refractivity contribution is -0.137. The van der Waals surface area contributed by atoms with Gasteiger partial charge in [0.05, 0.1) is 29.9 Å². The van der Waals surface area contributed by atoms with E-state index in [1.54, 1.807) is 18.2 Å². The van der Waals surface area contributed by atoms with Crippen LogP contribution in [0.25, 0.3) is 33.5 Å². The van der Waals surface area contributed by atoms with Gasteiger partial charge in [0, 0.05) is 24.3 Å². The first-order valence-corrected chi connectivity index (χ1v) is 20.2. The Bertz CT molecular complexity index is 2270. The predicted octanol–water partition coefficient (Wildman–Crippen LogP) is 6.05. The number of unbranched alkanes of at least 4 members (excludes halogenated alkanes) is 4. The first-order chi connectivity index (χ1) is 26.7. The van der Waals surface area contributed by atoms with Crippen molar-refractivity contribution in [1.29, 1.82) is 0 Å². The number of methoxy groups -OCH3 is 1. The van der Waals surface area contributed by atoms with Gasteiger partial charge in [-0.05, 0) is 68.7 Å². The number of carbonyl (C=O) groups excluding carboxylic acids is 3. The molecule has 4 atom stereocenters. The maximum absolute atomic E-state index is 13.4. The fraction of sp³-hybridized carbons (Fsp3) is 0.462. The summed E-state index contributed by atoms with van der Waals surface area (Å²) in [6.45, 7) is 0.0502. The number of hydrogen-bond acceptors (Lipinski definition) is 10. The van der Waals surface area contributed by atoms with Crippen LogP contribution < -0.4 is 19.9 Å². The van der Waals surface area contributed by atoms with E-state index in [1.807, 2.05) is 12.2 Å². The van der Waals surface area contributed by atoms with Crippen molar-refractivity contribution in [3.05, 3.63) is 60.2 Å². The average molecular weight is 798 g/mol. The van der Waals surface area contributed by atoms with E-state index < -0.39 is 51.0 Å². The van der Waals surface area contributed by atoms with Crippen molar-refractivity contribution in [3.8, 4) is 23.0 Å². The molecule has 3 fully saturated rings. The molecule has 0 radical (unpaired) electrons. The Labute approximate surface area is 320 Å². The van der Waals surface area contributed by atoms with Crippen molar-refractivity contribution in [2.75, 3.05) is 13.7 Å². The standard InChI is InChI=1S/C39H42F3N5O8S/c1-53-30-11-8-10-27-32-34(55-33(27)30)38(45-36(44-32)22-13-15-24(16-14-22)39(40,41)42)54-25-20-29(35(43)49)47(21-25)31(48)12-7-5-3-2-4-6-9-23-19-28(23)37(50)46-56(51,52)26-17-18-26/h6,8-11,13-16,23,25-26,28-29H,2-5,7,12,17-21H2,1H3,(H2,43,49)(H,46,50)/b9-6-/t23-,25-,28+,29+/m1/s1. The zero-order valence-corrected chi connectivity index (χ0v) is 31.4. The number of benzene rings is 2. The Kier molecular flexibility index (Phi) is 11.0. The maximum atomic E-state index is 13.4. The number of furan rings is 1. The van der Waals surface area contributed by atoms with Gasteiger partial charge in [0.1, 0.15) is 17.7 Å². The number of ether oxygens (including phenoxy) is 2. The molecule has 3 amide bonds. The molecule has 0 bridgehead atoms. The number of fused-ring (bicyclic) bond motifs is 3. The summed E-state index contributed by atoms with van der Waals surface area (Å²) in [4.78, 5) is 48.7. The second-order valence-corrected chi connectivity index (χ2v) is 16.5. The van der Waals surface area contributed by atoms with Crippen LogP contribution in [0.2, 0.25) is 0 Å². The number of para-hydroxylation sites is 1. The molecule has 2 aromatic heterocycles. The molecule has 1 aliphatic heterocycles. The van der Waals surface area contributed by atoms with Gasteiger partial charge < -0.3 is 24.5 Å². The summed E-state index contributed by atoms with van der Waals surface area (Å²) in [5.74, 6) is -1.10. The number of likely N-dealkylation sites (tertiary alicyclic amines) is 1. The zero-order valence-electron chi connectivity index (χ0n) is 30.6. The fourth-order valence-corrected chi connectivity index (χ4v) is 8.45. The van der Waals surface area contributed by atoms with E-state index in [0.717, 1.165) is 37.8 Å². The van der Waals surface area contributed by atoms with E-state index in [2.05, 4.69) is 14.7 Å². The van der Waals surface area contributed by atoms with Crippen molar-refractivity contribution in [2.45, 2.75) is 87.8 Å². The number of nitrogens with one attached hydrogen (secondary N) is 1. The van der Waals surface area contributed by atoms with E-state index in [-0.39, 0.29) is 54.4 Å². The summed E-state index contributed by atoms with van der Waals surface area (Å²) in [5.41, 5.74) is 6.08. The van der Waals surface area contributed by atoms with E-state index >= 15 is 0 Å². The van der Waals surface area contributed by atoms with Crippen molar-refractivity contribution in [1.82, 2.24) is 19.6 Å². The quantitative estimate of drug-likeness (QED) is 0.100. The summed E-state index contributed by atoms with van der Waals surface area (Å²) < 4.78 is 84.0. The van der Waals surface area contributed by atoms with Crippen LogP contribution in [0, 0.1) is 11.8 Å². The molecular weight excluding hydrogens is 756 g/mol. The number of halogens is 3. The minimum atomic E-state index is -4.52. The molecule has 56 heavy (non-hydrogen) atoms. The lowest BCUT2D eigenvalue weighted by atomic mass is 10.1. The van der Waals surface area contributed by atoms with Crippen LogP contribution in [0.5, 0.6) is 11.6 Å². The van der Waals surface area contributed by atoms with Gasteiger partial charge >= 0.3 is 6.18 Å². The van der Waals surface area contributed by atoms with Crippen molar-refractivity contribution in [2.24, 2.45) is 17.6 Å². The lowest BCUT2D eigenvalue weighted by Gasteiger charge is -2.21. The van der Waals surface area contributed by atoms with Crippen LogP contribution >= 0.6 is 0 Å². The molecule has 17 heteroatoms. The molecule has 2 saturated carbocycles. The van der Waals surface area contributed by atoms with Crippen LogP contribution in [-0.4, -0.2) is 72.1 Å². The van der Waals surface area contributed by atoms with Crippen LogP contribution in [0.1, 0.15) is 69.8 Å². The molecule has 298 valence electrons. The first kappa shape index (κ1) is 39.1. The van der Waals surface area contributed by atoms with Gasteiger partial charge in [0.25, 0.3) is 5.88 Å². The highest BCUT2D eigenvalue weighted by molar-refractivity contribution is 7.90. The van der Waals surface area contributed by atoms with Crippen LogP contribution in [-0.2, 0) is 30.6 Å². The smallest absolute Gasteiger partial charge is 0.416 e. The number of nitrogens with zero attached hydrogens (tertiary/aromatic N) is 3.